The van der Waals surface area contributed by atoms with E-state index in [1.54, 1.807) is 12.1 Å². The summed E-state index contributed by atoms with van der Waals surface area (Å²) < 4.78 is 18.1. The molecule has 0 radical (unpaired) electrons. The van der Waals surface area contributed by atoms with E-state index in [9.17, 15) is 14.3 Å². The number of ether oxygens (including phenoxy) is 1. The van der Waals surface area contributed by atoms with Crippen LogP contribution in [0.4, 0.5) is 4.39 Å². The molecule has 0 aromatic heterocycles. The first kappa shape index (κ1) is 15.9. The normalized spacial score (nSPS) is 19.0. The third-order valence-electron chi connectivity index (χ3n) is 3.97. The summed E-state index contributed by atoms with van der Waals surface area (Å²) in [5.74, 6) is -0.376. The lowest BCUT2D eigenvalue weighted by atomic mass is 9.94. The fourth-order valence-electron chi connectivity index (χ4n) is 2.45. The van der Waals surface area contributed by atoms with Crippen molar-refractivity contribution in [1.82, 2.24) is 5.32 Å². The van der Waals surface area contributed by atoms with Gasteiger partial charge in [0, 0.05) is 39.0 Å². The van der Waals surface area contributed by atoms with E-state index in [0.717, 1.165) is 5.56 Å². The minimum Gasteiger partial charge on any atom is -0.388 e. The second kappa shape index (κ2) is 7.00. The van der Waals surface area contributed by atoms with Gasteiger partial charge < -0.3 is 15.2 Å². The Bertz CT molecular complexity index is 469. The van der Waals surface area contributed by atoms with Gasteiger partial charge in [-0.3, -0.25) is 4.79 Å². The van der Waals surface area contributed by atoms with Crippen LogP contribution in [-0.4, -0.2) is 36.4 Å². The Morgan fingerprint density at radius 1 is 1.38 bits per heavy atom. The van der Waals surface area contributed by atoms with E-state index in [1.165, 1.54) is 12.1 Å². The van der Waals surface area contributed by atoms with Crippen LogP contribution in [0.15, 0.2) is 24.3 Å². The lowest BCUT2D eigenvalue weighted by Gasteiger charge is -2.32. The summed E-state index contributed by atoms with van der Waals surface area (Å²) in [4.78, 5) is 12.0. The van der Waals surface area contributed by atoms with Gasteiger partial charge in [-0.2, -0.15) is 0 Å². The standard InChI is InChI=1S/C16H22FNO3/c1-12(13-2-4-14(17)5-3-13)10-15(19)18-11-16(20)6-8-21-9-7-16/h2-5,12,20H,6-11H2,1H3,(H,18,19). The van der Waals surface area contributed by atoms with Gasteiger partial charge >= 0.3 is 0 Å². The highest BCUT2D eigenvalue weighted by Gasteiger charge is 2.30. The number of hydrogen-bond donors (Lipinski definition) is 2. The fraction of sp³-hybridized carbons (Fsp3) is 0.562. The molecule has 2 rings (SSSR count). The molecule has 1 aromatic rings. The molecule has 1 fully saturated rings. The molecule has 5 heteroatoms. The van der Waals surface area contributed by atoms with Crippen molar-refractivity contribution in [3.05, 3.63) is 35.6 Å². The van der Waals surface area contributed by atoms with Crippen LogP contribution in [0.3, 0.4) is 0 Å². The van der Waals surface area contributed by atoms with E-state index in [2.05, 4.69) is 5.32 Å². The Labute approximate surface area is 124 Å². The summed E-state index contributed by atoms with van der Waals surface area (Å²) in [6.45, 7) is 3.23. The zero-order valence-corrected chi connectivity index (χ0v) is 12.3. The molecular weight excluding hydrogens is 273 g/mol. The predicted octanol–water partition coefficient (Wildman–Crippen LogP) is 1.98. The maximum atomic E-state index is 12.9. The van der Waals surface area contributed by atoms with E-state index in [1.807, 2.05) is 6.92 Å². The van der Waals surface area contributed by atoms with Crippen LogP contribution in [0.25, 0.3) is 0 Å². The molecule has 0 saturated carbocycles. The molecule has 1 atom stereocenters. The maximum absolute atomic E-state index is 12.9. The number of nitrogens with one attached hydrogen (secondary N) is 1. The Balaban J connectivity index is 1.79. The smallest absolute Gasteiger partial charge is 0.220 e. The van der Waals surface area contributed by atoms with Gasteiger partial charge in [0.1, 0.15) is 5.82 Å². The molecule has 1 aliphatic rings. The zero-order valence-electron chi connectivity index (χ0n) is 12.3. The fourth-order valence-corrected chi connectivity index (χ4v) is 2.45. The van der Waals surface area contributed by atoms with Crippen LogP contribution in [0.5, 0.6) is 0 Å². The summed E-state index contributed by atoms with van der Waals surface area (Å²) in [7, 11) is 0. The molecule has 1 aliphatic heterocycles. The van der Waals surface area contributed by atoms with Gasteiger partial charge in [-0.25, -0.2) is 4.39 Å². The highest BCUT2D eigenvalue weighted by Crippen LogP contribution is 2.21. The summed E-state index contributed by atoms with van der Waals surface area (Å²) in [6, 6.07) is 6.18. The number of carbonyl (C=O) groups is 1. The van der Waals surface area contributed by atoms with E-state index in [4.69, 9.17) is 4.74 Å². The van der Waals surface area contributed by atoms with Gasteiger partial charge in [-0.1, -0.05) is 19.1 Å². The molecule has 1 unspecified atom stereocenters. The van der Waals surface area contributed by atoms with Crippen LogP contribution in [0.2, 0.25) is 0 Å². The lowest BCUT2D eigenvalue weighted by molar-refractivity contribution is -0.124. The van der Waals surface area contributed by atoms with Gasteiger partial charge in [0.15, 0.2) is 0 Å². The highest BCUT2D eigenvalue weighted by molar-refractivity contribution is 5.76. The van der Waals surface area contributed by atoms with Crippen molar-refractivity contribution in [2.45, 2.75) is 37.7 Å². The summed E-state index contributed by atoms with van der Waals surface area (Å²) in [5.41, 5.74) is 0.0730. The average Bonchev–Trinajstić information content (AvgIpc) is 2.47. The van der Waals surface area contributed by atoms with Crippen molar-refractivity contribution in [3.63, 3.8) is 0 Å². The molecule has 1 aromatic carbocycles. The first-order valence-corrected chi connectivity index (χ1v) is 7.31. The third-order valence-corrected chi connectivity index (χ3v) is 3.97. The first-order chi connectivity index (χ1) is 9.98. The Morgan fingerprint density at radius 3 is 2.62 bits per heavy atom. The quantitative estimate of drug-likeness (QED) is 0.873. The topological polar surface area (TPSA) is 58.6 Å². The molecule has 1 saturated heterocycles. The number of halogens is 1. The van der Waals surface area contributed by atoms with Crippen molar-refractivity contribution in [2.24, 2.45) is 0 Å². The molecule has 0 spiro atoms. The van der Waals surface area contributed by atoms with Crippen molar-refractivity contribution in [3.8, 4) is 0 Å². The molecule has 1 amide bonds. The molecule has 21 heavy (non-hydrogen) atoms. The molecular formula is C16H22FNO3. The van der Waals surface area contributed by atoms with Crippen molar-refractivity contribution in [2.75, 3.05) is 19.8 Å². The number of amides is 1. The van der Waals surface area contributed by atoms with Crippen LogP contribution < -0.4 is 5.32 Å². The largest absolute Gasteiger partial charge is 0.388 e. The average molecular weight is 295 g/mol. The Hall–Kier alpha value is -1.46. The van der Waals surface area contributed by atoms with E-state index < -0.39 is 5.60 Å². The first-order valence-electron chi connectivity index (χ1n) is 7.31. The zero-order chi connectivity index (χ0) is 15.3. The molecule has 0 bridgehead atoms. The van der Waals surface area contributed by atoms with Crippen LogP contribution in [0, 0.1) is 5.82 Å². The number of benzene rings is 1. The molecule has 2 N–H and O–H groups in total. The van der Waals surface area contributed by atoms with Crippen molar-refractivity contribution < 1.29 is 19.0 Å². The lowest BCUT2D eigenvalue weighted by Crippen LogP contribution is -2.46. The minimum atomic E-state index is -0.854. The summed E-state index contributed by atoms with van der Waals surface area (Å²) in [6.07, 6.45) is 1.40. The van der Waals surface area contributed by atoms with Gasteiger partial charge in [0.05, 0.1) is 5.60 Å². The van der Waals surface area contributed by atoms with E-state index >= 15 is 0 Å². The maximum Gasteiger partial charge on any atom is 0.220 e. The number of carbonyl (C=O) groups excluding carboxylic acids is 1. The molecule has 1 heterocycles. The van der Waals surface area contributed by atoms with Crippen molar-refractivity contribution >= 4 is 5.91 Å². The Kier molecular flexibility index (Phi) is 5.31. The van der Waals surface area contributed by atoms with Crippen LogP contribution >= 0.6 is 0 Å². The third kappa shape index (κ3) is 4.79. The number of hydrogen-bond acceptors (Lipinski definition) is 3. The van der Waals surface area contributed by atoms with Crippen LogP contribution in [-0.2, 0) is 9.53 Å². The van der Waals surface area contributed by atoms with Gasteiger partial charge in [-0.05, 0) is 23.6 Å². The van der Waals surface area contributed by atoms with Crippen molar-refractivity contribution in [1.29, 1.82) is 0 Å². The minimum absolute atomic E-state index is 0.00920. The van der Waals surface area contributed by atoms with Gasteiger partial charge in [0.2, 0.25) is 5.91 Å². The van der Waals surface area contributed by atoms with E-state index in [0.29, 0.717) is 32.5 Å². The number of aliphatic hydroxyl groups is 1. The molecule has 0 aliphatic carbocycles. The molecule has 4 nitrogen and oxygen atoms in total. The number of rotatable bonds is 5. The second-order valence-corrected chi connectivity index (χ2v) is 5.77. The SMILES string of the molecule is CC(CC(=O)NCC1(O)CCOCC1)c1ccc(F)cc1. The second-order valence-electron chi connectivity index (χ2n) is 5.77. The van der Waals surface area contributed by atoms with Gasteiger partial charge in [0.25, 0.3) is 0 Å². The summed E-state index contributed by atoms with van der Waals surface area (Å²) >= 11 is 0. The monoisotopic (exact) mass is 295 g/mol. The van der Waals surface area contributed by atoms with Gasteiger partial charge in [-0.15, -0.1) is 0 Å². The predicted molar refractivity (Wildman–Crippen MR) is 77.4 cm³/mol. The summed E-state index contributed by atoms with van der Waals surface area (Å²) in [5, 5.41) is 13.1. The Morgan fingerprint density at radius 2 is 2.00 bits per heavy atom. The molecule has 116 valence electrons. The van der Waals surface area contributed by atoms with E-state index in [-0.39, 0.29) is 24.2 Å². The van der Waals surface area contributed by atoms with Crippen LogP contribution in [0.1, 0.15) is 37.7 Å². The highest BCUT2D eigenvalue weighted by atomic mass is 19.1.